The number of carboxylic acids is 1. The molecule has 1 aliphatic carbocycles. The van der Waals surface area contributed by atoms with Crippen LogP contribution in [-0.2, 0) is 16.1 Å². The predicted molar refractivity (Wildman–Crippen MR) is 84.0 cm³/mol. The van der Waals surface area contributed by atoms with Gasteiger partial charge in [-0.2, -0.15) is 0 Å². The molecule has 0 bridgehead atoms. The Morgan fingerprint density at radius 3 is 2.71 bits per heavy atom. The van der Waals surface area contributed by atoms with Gasteiger partial charge in [0, 0.05) is 18.7 Å². The number of hydrogen-bond donors (Lipinski definition) is 3. The fourth-order valence-corrected chi connectivity index (χ4v) is 2.77. The third kappa shape index (κ3) is 4.03. The normalized spacial score (nSPS) is 23.5. The quantitative estimate of drug-likeness (QED) is 0.732. The van der Waals surface area contributed by atoms with E-state index in [1.807, 2.05) is 0 Å². The van der Waals surface area contributed by atoms with Crippen molar-refractivity contribution >= 4 is 11.9 Å². The molecule has 1 aliphatic heterocycles. The van der Waals surface area contributed by atoms with Crippen LogP contribution in [0.5, 0.6) is 5.75 Å². The molecule has 2 fully saturated rings. The average molecular weight is 336 g/mol. The van der Waals surface area contributed by atoms with Crippen molar-refractivity contribution in [2.24, 2.45) is 5.92 Å². The summed E-state index contributed by atoms with van der Waals surface area (Å²) in [4.78, 5) is 23.1. The van der Waals surface area contributed by atoms with E-state index in [-0.39, 0.29) is 30.2 Å². The van der Waals surface area contributed by atoms with E-state index in [0.717, 1.165) is 12.8 Å². The van der Waals surface area contributed by atoms with E-state index < -0.39 is 17.8 Å². The number of benzene rings is 1. The van der Waals surface area contributed by atoms with Gasteiger partial charge in [-0.3, -0.25) is 9.59 Å². The maximum absolute atomic E-state index is 14.3. The number of aliphatic carboxylic acids is 1. The van der Waals surface area contributed by atoms with Gasteiger partial charge in [-0.1, -0.05) is 12.1 Å². The van der Waals surface area contributed by atoms with Crippen LogP contribution in [0.15, 0.2) is 18.2 Å². The van der Waals surface area contributed by atoms with Crippen LogP contribution in [0, 0.1) is 11.7 Å². The third-order valence-electron chi connectivity index (χ3n) is 4.40. The first-order chi connectivity index (χ1) is 11.5. The van der Waals surface area contributed by atoms with Crippen molar-refractivity contribution in [2.75, 3.05) is 6.54 Å². The van der Waals surface area contributed by atoms with E-state index in [1.165, 1.54) is 0 Å². The molecule has 1 aromatic carbocycles. The minimum Gasteiger partial charge on any atom is -0.487 e. The van der Waals surface area contributed by atoms with Crippen molar-refractivity contribution < 1.29 is 23.8 Å². The summed E-state index contributed by atoms with van der Waals surface area (Å²) in [6.07, 6.45) is 2.92. The number of piperidine rings is 1. The molecule has 1 amide bonds. The van der Waals surface area contributed by atoms with E-state index in [9.17, 15) is 14.0 Å². The molecule has 1 heterocycles. The summed E-state index contributed by atoms with van der Waals surface area (Å²) in [6, 6.07) is 4.33. The largest absolute Gasteiger partial charge is 0.487 e. The molecule has 2 aliphatic rings. The van der Waals surface area contributed by atoms with E-state index in [4.69, 9.17) is 9.84 Å². The zero-order chi connectivity index (χ0) is 17.1. The van der Waals surface area contributed by atoms with Crippen molar-refractivity contribution in [3.8, 4) is 5.75 Å². The molecule has 1 saturated heterocycles. The van der Waals surface area contributed by atoms with Crippen LogP contribution in [0.1, 0.15) is 31.2 Å². The Bertz CT molecular complexity index is 625. The minimum atomic E-state index is -0.900. The number of ether oxygens (including phenoxy) is 1. The molecule has 24 heavy (non-hydrogen) atoms. The number of carbonyl (C=O) groups excluding carboxylic acids is 1. The minimum absolute atomic E-state index is 0.0887. The number of halogens is 1. The van der Waals surface area contributed by atoms with Gasteiger partial charge in [-0.15, -0.1) is 0 Å². The van der Waals surface area contributed by atoms with Gasteiger partial charge in [0.05, 0.1) is 12.0 Å². The standard InChI is InChI=1S/C17H21FN2O4/c18-15-10(2-1-3-14(15)24-12-5-6-12)8-20-16(21)11-4-7-13(17(22)23)19-9-11/h1-3,11-13,19H,4-9H2,(H,20,21)(H,22,23). The first-order valence-corrected chi connectivity index (χ1v) is 8.22. The smallest absolute Gasteiger partial charge is 0.320 e. The SMILES string of the molecule is O=C(NCc1cccc(OC2CC2)c1F)C1CCC(C(=O)O)NC1. The zero-order valence-electron chi connectivity index (χ0n) is 13.3. The summed E-state index contributed by atoms with van der Waals surface area (Å²) >= 11 is 0. The first kappa shape index (κ1) is 16.7. The molecular formula is C17H21FN2O4. The summed E-state index contributed by atoms with van der Waals surface area (Å²) in [7, 11) is 0. The highest BCUT2D eigenvalue weighted by molar-refractivity contribution is 5.80. The first-order valence-electron chi connectivity index (χ1n) is 8.22. The zero-order valence-corrected chi connectivity index (χ0v) is 13.3. The van der Waals surface area contributed by atoms with Crippen LogP contribution in [0.25, 0.3) is 0 Å². The molecule has 2 atom stereocenters. The third-order valence-corrected chi connectivity index (χ3v) is 4.40. The Labute approximate surface area is 139 Å². The molecule has 6 nitrogen and oxygen atoms in total. The van der Waals surface area contributed by atoms with E-state index in [0.29, 0.717) is 24.9 Å². The Morgan fingerprint density at radius 2 is 2.08 bits per heavy atom. The lowest BCUT2D eigenvalue weighted by atomic mass is 9.94. The maximum atomic E-state index is 14.3. The van der Waals surface area contributed by atoms with Crippen molar-refractivity contribution in [1.29, 1.82) is 0 Å². The van der Waals surface area contributed by atoms with Gasteiger partial charge in [0.2, 0.25) is 5.91 Å². The second-order valence-electron chi connectivity index (χ2n) is 6.34. The van der Waals surface area contributed by atoms with Gasteiger partial charge in [-0.25, -0.2) is 4.39 Å². The Hall–Kier alpha value is -2.15. The van der Waals surface area contributed by atoms with Crippen molar-refractivity contribution in [1.82, 2.24) is 10.6 Å². The van der Waals surface area contributed by atoms with Crippen LogP contribution in [0.4, 0.5) is 4.39 Å². The van der Waals surface area contributed by atoms with Crippen molar-refractivity contribution in [3.63, 3.8) is 0 Å². The number of amides is 1. The molecule has 0 aromatic heterocycles. The fraction of sp³-hybridized carbons (Fsp3) is 0.529. The molecule has 130 valence electrons. The predicted octanol–water partition coefficient (Wildman–Crippen LogP) is 1.44. The fourth-order valence-electron chi connectivity index (χ4n) is 2.77. The van der Waals surface area contributed by atoms with Crippen LogP contribution in [-0.4, -0.2) is 35.7 Å². The summed E-state index contributed by atoms with van der Waals surface area (Å²) < 4.78 is 19.8. The second-order valence-corrected chi connectivity index (χ2v) is 6.34. The van der Waals surface area contributed by atoms with E-state index >= 15 is 0 Å². The second kappa shape index (κ2) is 7.17. The van der Waals surface area contributed by atoms with Gasteiger partial charge < -0.3 is 20.5 Å². The summed E-state index contributed by atoms with van der Waals surface area (Å²) in [5.74, 6) is -1.59. The van der Waals surface area contributed by atoms with Crippen LogP contribution < -0.4 is 15.4 Å². The van der Waals surface area contributed by atoms with Gasteiger partial charge in [0.15, 0.2) is 11.6 Å². The molecule has 2 unspecified atom stereocenters. The Balaban J connectivity index is 1.52. The summed E-state index contributed by atoms with van der Waals surface area (Å²) in [5, 5.41) is 14.5. The molecular weight excluding hydrogens is 315 g/mol. The van der Waals surface area contributed by atoms with Gasteiger partial charge in [-0.05, 0) is 31.7 Å². The molecule has 0 radical (unpaired) electrons. The molecule has 1 saturated carbocycles. The topological polar surface area (TPSA) is 87.7 Å². The Kier molecular flexibility index (Phi) is 4.99. The number of hydrogen-bond acceptors (Lipinski definition) is 4. The lowest BCUT2D eigenvalue weighted by molar-refractivity contribution is -0.141. The average Bonchev–Trinajstić information content (AvgIpc) is 3.39. The van der Waals surface area contributed by atoms with Crippen LogP contribution in [0.2, 0.25) is 0 Å². The van der Waals surface area contributed by atoms with Crippen molar-refractivity contribution in [2.45, 2.75) is 44.4 Å². The van der Waals surface area contributed by atoms with Crippen LogP contribution in [0.3, 0.4) is 0 Å². The monoisotopic (exact) mass is 336 g/mol. The number of carbonyl (C=O) groups is 2. The highest BCUT2D eigenvalue weighted by atomic mass is 19.1. The van der Waals surface area contributed by atoms with E-state index in [1.54, 1.807) is 18.2 Å². The van der Waals surface area contributed by atoms with Crippen LogP contribution >= 0.6 is 0 Å². The van der Waals surface area contributed by atoms with E-state index in [2.05, 4.69) is 10.6 Å². The highest BCUT2D eigenvalue weighted by Crippen LogP contribution is 2.29. The maximum Gasteiger partial charge on any atom is 0.320 e. The molecule has 3 rings (SSSR count). The Morgan fingerprint density at radius 1 is 1.29 bits per heavy atom. The van der Waals surface area contributed by atoms with Gasteiger partial charge >= 0.3 is 5.97 Å². The number of rotatable bonds is 6. The number of carboxylic acid groups (broad SMARTS) is 1. The lowest BCUT2D eigenvalue weighted by Crippen LogP contribution is -2.48. The summed E-state index contributed by atoms with van der Waals surface area (Å²) in [6.45, 7) is 0.404. The molecule has 1 aromatic rings. The molecule has 3 N–H and O–H groups in total. The molecule has 0 spiro atoms. The summed E-state index contributed by atoms with van der Waals surface area (Å²) in [5.41, 5.74) is 0.383. The van der Waals surface area contributed by atoms with Gasteiger partial charge in [0.1, 0.15) is 6.04 Å². The highest BCUT2D eigenvalue weighted by Gasteiger charge is 2.29. The lowest BCUT2D eigenvalue weighted by Gasteiger charge is -2.26. The van der Waals surface area contributed by atoms with Gasteiger partial charge in [0.25, 0.3) is 0 Å². The number of nitrogens with one attached hydrogen (secondary N) is 2. The molecule has 7 heteroatoms. The van der Waals surface area contributed by atoms with Crippen molar-refractivity contribution in [3.05, 3.63) is 29.6 Å².